The van der Waals surface area contributed by atoms with Gasteiger partial charge >= 0.3 is 0 Å². The average molecular weight is 264 g/mol. The smallest absolute Gasteiger partial charge is 0.00771 e. The van der Waals surface area contributed by atoms with Crippen LogP contribution in [0.1, 0.15) is 32.8 Å². The summed E-state index contributed by atoms with van der Waals surface area (Å²) in [7, 11) is 0. The molecule has 0 nitrogen and oxygen atoms in total. The number of rotatable bonds is 6. The minimum absolute atomic E-state index is 0.959. The molecular formula is C20H24. The summed E-state index contributed by atoms with van der Waals surface area (Å²) in [5, 5.41) is 0. The van der Waals surface area contributed by atoms with E-state index in [9.17, 15) is 0 Å². The van der Waals surface area contributed by atoms with Crippen molar-refractivity contribution in [1.82, 2.24) is 0 Å². The van der Waals surface area contributed by atoms with Crippen LogP contribution in [0.15, 0.2) is 84.5 Å². The van der Waals surface area contributed by atoms with Crippen LogP contribution >= 0.6 is 0 Å². The van der Waals surface area contributed by atoms with E-state index >= 15 is 0 Å². The van der Waals surface area contributed by atoms with E-state index in [1.54, 1.807) is 0 Å². The topological polar surface area (TPSA) is 0 Å². The van der Waals surface area contributed by atoms with Gasteiger partial charge in [-0.15, -0.1) is 0 Å². The van der Waals surface area contributed by atoms with Crippen LogP contribution in [-0.4, -0.2) is 0 Å². The van der Waals surface area contributed by atoms with Crippen molar-refractivity contribution in [2.24, 2.45) is 0 Å². The van der Waals surface area contributed by atoms with Crippen molar-refractivity contribution in [1.29, 1.82) is 0 Å². The third-order valence-corrected chi connectivity index (χ3v) is 3.42. The van der Waals surface area contributed by atoms with Gasteiger partial charge in [-0.05, 0) is 48.1 Å². The minimum Gasteiger partial charge on any atom is -0.0985 e. The van der Waals surface area contributed by atoms with Gasteiger partial charge in [-0.1, -0.05) is 74.7 Å². The van der Waals surface area contributed by atoms with Crippen molar-refractivity contribution in [2.75, 3.05) is 0 Å². The summed E-state index contributed by atoms with van der Waals surface area (Å²) in [4.78, 5) is 0. The van der Waals surface area contributed by atoms with Crippen molar-refractivity contribution in [3.63, 3.8) is 0 Å². The number of benzene rings is 1. The van der Waals surface area contributed by atoms with E-state index in [1.807, 2.05) is 18.2 Å². The molecule has 0 aliphatic carbocycles. The number of allylic oxidation sites excluding steroid dienone is 8. The van der Waals surface area contributed by atoms with E-state index in [-0.39, 0.29) is 0 Å². The molecule has 0 aliphatic rings. The summed E-state index contributed by atoms with van der Waals surface area (Å²) in [6, 6.07) is 10.5. The Morgan fingerprint density at radius 2 is 1.50 bits per heavy atom. The third-order valence-electron chi connectivity index (χ3n) is 3.42. The fourth-order valence-electron chi connectivity index (χ4n) is 2.42. The first-order valence-electron chi connectivity index (χ1n) is 7.10. The molecule has 0 heteroatoms. The van der Waals surface area contributed by atoms with Gasteiger partial charge in [0.2, 0.25) is 0 Å². The van der Waals surface area contributed by atoms with Crippen LogP contribution in [0.2, 0.25) is 0 Å². The Morgan fingerprint density at radius 1 is 0.950 bits per heavy atom. The predicted molar refractivity (Wildman–Crippen MR) is 91.6 cm³/mol. The molecule has 0 fully saturated rings. The van der Waals surface area contributed by atoms with Crippen molar-refractivity contribution in [3.8, 4) is 0 Å². The Labute approximate surface area is 123 Å². The van der Waals surface area contributed by atoms with E-state index in [2.05, 4.69) is 70.3 Å². The first-order valence-corrected chi connectivity index (χ1v) is 7.10. The first kappa shape index (κ1) is 16.0. The summed E-state index contributed by atoms with van der Waals surface area (Å²) >= 11 is 0. The highest BCUT2D eigenvalue weighted by atomic mass is 14.2. The average Bonchev–Trinajstić information content (AvgIpc) is 2.51. The molecule has 0 saturated carbocycles. The zero-order chi connectivity index (χ0) is 15.0. The van der Waals surface area contributed by atoms with Gasteiger partial charge in [0.1, 0.15) is 0 Å². The first-order chi connectivity index (χ1) is 9.73. The van der Waals surface area contributed by atoms with Crippen molar-refractivity contribution >= 4 is 5.57 Å². The molecular weight excluding hydrogens is 240 g/mol. The van der Waals surface area contributed by atoms with Gasteiger partial charge in [-0.25, -0.2) is 0 Å². The Kier molecular flexibility index (Phi) is 6.52. The van der Waals surface area contributed by atoms with Gasteiger partial charge < -0.3 is 0 Å². The van der Waals surface area contributed by atoms with Gasteiger partial charge in [-0.3, -0.25) is 0 Å². The van der Waals surface area contributed by atoms with E-state index < -0.39 is 0 Å². The molecule has 0 amide bonds. The molecule has 0 heterocycles. The minimum atomic E-state index is 0.959. The molecule has 1 rings (SSSR count). The van der Waals surface area contributed by atoms with Crippen LogP contribution in [0, 0.1) is 0 Å². The Balaban J connectivity index is 3.67. The second-order valence-electron chi connectivity index (χ2n) is 4.47. The lowest BCUT2D eigenvalue weighted by molar-refractivity contribution is 1.12. The number of hydrogen-bond acceptors (Lipinski definition) is 0. The van der Waals surface area contributed by atoms with Crippen molar-refractivity contribution in [2.45, 2.75) is 27.2 Å². The van der Waals surface area contributed by atoms with E-state index in [0.29, 0.717) is 0 Å². The fourth-order valence-corrected chi connectivity index (χ4v) is 2.42. The third kappa shape index (κ3) is 3.48. The van der Waals surface area contributed by atoms with Gasteiger partial charge in [0.25, 0.3) is 0 Å². The highest BCUT2D eigenvalue weighted by Crippen LogP contribution is 2.33. The van der Waals surface area contributed by atoms with Crippen LogP contribution in [0.4, 0.5) is 0 Å². The molecule has 0 aliphatic heterocycles. The largest absolute Gasteiger partial charge is 0.0985 e. The Bertz CT molecular complexity index is 551. The van der Waals surface area contributed by atoms with E-state index in [0.717, 1.165) is 12.0 Å². The Hall–Kier alpha value is -2.08. The maximum atomic E-state index is 3.96. The molecule has 1 aromatic rings. The summed E-state index contributed by atoms with van der Waals surface area (Å²) in [6.07, 6.45) is 9.04. The zero-order valence-electron chi connectivity index (χ0n) is 12.8. The quantitative estimate of drug-likeness (QED) is 0.543. The molecule has 0 saturated heterocycles. The van der Waals surface area contributed by atoms with Crippen LogP contribution in [0.3, 0.4) is 0 Å². The maximum Gasteiger partial charge on any atom is -0.00771 e. The van der Waals surface area contributed by atoms with Crippen LogP contribution in [-0.2, 0) is 0 Å². The van der Waals surface area contributed by atoms with Gasteiger partial charge in [0.05, 0.1) is 0 Å². The molecule has 0 aromatic heterocycles. The standard InChI is InChI=1S/C20H24/c1-6-16(7-2)19(10-5)20(17(8-3)9-4)18-14-12-11-13-15-18/h6-9,11-15H,1,3,10H2,2,4-5H3. The normalized spacial score (nSPS) is 13.8. The van der Waals surface area contributed by atoms with Crippen molar-refractivity contribution < 1.29 is 0 Å². The summed E-state index contributed by atoms with van der Waals surface area (Å²) in [6.45, 7) is 14.2. The number of hydrogen-bond donors (Lipinski definition) is 0. The Morgan fingerprint density at radius 3 is 1.90 bits per heavy atom. The molecule has 0 N–H and O–H groups in total. The summed E-state index contributed by atoms with van der Waals surface area (Å²) < 4.78 is 0. The summed E-state index contributed by atoms with van der Waals surface area (Å²) in [5.41, 5.74) is 6.13. The highest BCUT2D eigenvalue weighted by molar-refractivity contribution is 5.86. The van der Waals surface area contributed by atoms with E-state index in [1.165, 1.54) is 22.3 Å². The van der Waals surface area contributed by atoms with Gasteiger partial charge in [0.15, 0.2) is 0 Å². The van der Waals surface area contributed by atoms with Gasteiger partial charge in [0, 0.05) is 0 Å². The zero-order valence-corrected chi connectivity index (χ0v) is 12.8. The predicted octanol–water partition coefficient (Wildman–Crippen LogP) is 6.11. The SMILES string of the molecule is C=CC(=CC)C(CC)=C(C(C=C)=CC)c1ccccc1. The molecule has 0 unspecified atom stereocenters. The van der Waals surface area contributed by atoms with Crippen LogP contribution < -0.4 is 0 Å². The molecule has 1 aromatic carbocycles. The molecule has 104 valence electrons. The molecule has 0 atom stereocenters. The van der Waals surface area contributed by atoms with Crippen molar-refractivity contribution in [3.05, 3.63) is 90.1 Å². The molecule has 0 bridgehead atoms. The second-order valence-corrected chi connectivity index (χ2v) is 4.47. The van der Waals surface area contributed by atoms with E-state index in [4.69, 9.17) is 0 Å². The monoisotopic (exact) mass is 264 g/mol. The highest BCUT2D eigenvalue weighted by Gasteiger charge is 2.12. The summed E-state index contributed by atoms with van der Waals surface area (Å²) in [5.74, 6) is 0. The molecule has 0 spiro atoms. The van der Waals surface area contributed by atoms with Crippen LogP contribution in [0.5, 0.6) is 0 Å². The van der Waals surface area contributed by atoms with Crippen LogP contribution in [0.25, 0.3) is 5.57 Å². The second kappa shape index (κ2) is 8.16. The van der Waals surface area contributed by atoms with Gasteiger partial charge in [-0.2, -0.15) is 0 Å². The molecule has 0 radical (unpaired) electrons. The lowest BCUT2D eigenvalue weighted by atomic mass is 9.87. The maximum absolute atomic E-state index is 3.96. The molecule has 20 heavy (non-hydrogen) atoms. The fraction of sp³-hybridized carbons (Fsp3) is 0.200. The lowest BCUT2D eigenvalue weighted by Gasteiger charge is -2.17. The lowest BCUT2D eigenvalue weighted by Crippen LogP contribution is -1.96.